The third-order valence-electron chi connectivity index (χ3n) is 9.20. The predicted octanol–water partition coefficient (Wildman–Crippen LogP) is 9.70. The summed E-state index contributed by atoms with van der Waals surface area (Å²) < 4.78 is 16.6. The quantitative estimate of drug-likeness (QED) is 0.171. The van der Waals surface area contributed by atoms with E-state index in [0.29, 0.717) is 11.8 Å². The van der Waals surface area contributed by atoms with Crippen LogP contribution in [-0.4, -0.2) is 27.4 Å². The first-order chi connectivity index (χ1) is 20.1. The summed E-state index contributed by atoms with van der Waals surface area (Å²) in [6.07, 6.45) is 2.15. The number of hydrogen-bond donors (Lipinski definition) is 0. The van der Waals surface area contributed by atoms with Gasteiger partial charge in [-0.25, -0.2) is 0 Å². The van der Waals surface area contributed by atoms with Crippen LogP contribution in [0.4, 0.5) is 0 Å². The Morgan fingerprint density at radius 1 is 0.643 bits per heavy atom. The van der Waals surface area contributed by atoms with Gasteiger partial charge in [-0.05, 0) is 114 Å². The molecule has 0 aliphatic carbocycles. The van der Waals surface area contributed by atoms with Crippen LogP contribution in [0.1, 0.15) is 73.4 Å². The molecule has 0 bridgehead atoms. The van der Waals surface area contributed by atoms with E-state index in [9.17, 15) is 0 Å². The molecule has 42 heavy (non-hydrogen) atoms. The molecule has 3 atom stereocenters. The number of rotatable bonds is 12. The van der Waals surface area contributed by atoms with Crippen LogP contribution in [0.25, 0.3) is 11.1 Å². The van der Waals surface area contributed by atoms with Gasteiger partial charge in [-0.1, -0.05) is 81.4 Å². The first-order valence-electron chi connectivity index (χ1n) is 15.1. The van der Waals surface area contributed by atoms with Crippen molar-refractivity contribution in [3.8, 4) is 22.6 Å². The Morgan fingerprint density at radius 3 is 1.79 bits per heavy atom. The van der Waals surface area contributed by atoms with Crippen LogP contribution in [0.3, 0.4) is 0 Å². The largest absolute Gasteiger partial charge is 0.497 e. The molecule has 0 amide bonds. The van der Waals surface area contributed by atoms with E-state index < -0.39 is 0 Å². The molecule has 0 spiro atoms. The van der Waals surface area contributed by atoms with Gasteiger partial charge >= 0.3 is 0 Å². The molecule has 0 aromatic heterocycles. The van der Waals surface area contributed by atoms with Crippen molar-refractivity contribution in [2.24, 2.45) is 5.92 Å². The van der Waals surface area contributed by atoms with Gasteiger partial charge in [-0.2, -0.15) is 0 Å². The predicted molar refractivity (Wildman–Crippen MR) is 176 cm³/mol. The second kappa shape index (κ2) is 13.6. The van der Waals surface area contributed by atoms with Crippen molar-refractivity contribution in [2.45, 2.75) is 71.8 Å². The minimum Gasteiger partial charge on any atom is -0.497 e. The summed E-state index contributed by atoms with van der Waals surface area (Å²) in [5, 5.41) is 0. The number of aryl methyl sites for hydroxylation is 2. The third-order valence-corrected chi connectivity index (χ3v) is 9.20. The second-order valence-corrected chi connectivity index (χ2v) is 12.4. The summed E-state index contributed by atoms with van der Waals surface area (Å²) in [5.41, 5.74) is 10.4. The summed E-state index contributed by atoms with van der Waals surface area (Å²) in [5.74, 6) is 2.54. The molecule has 4 aromatic rings. The van der Waals surface area contributed by atoms with Crippen molar-refractivity contribution in [3.63, 3.8) is 0 Å². The van der Waals surface area contributed by atoms with Crippen molar-refractivity contribution >= 4 is 0 Å². The van der Waals surface area contributed by atoms with Gasteiger partial charge in [-0.3, -0.25) is 0 Å². The number of benzene rings is 4. The Hall–Kier alpha value is -3.56. The SMILES string of the molecule is COc1ccc(-c2ccc(C)c(CC(C)C(CC(C)OC)c3cc(C(C)(C)c4ccc(OC)cc4)ccc3C)c2)cc1. The fraction of sp³-hybridized carbons (Fsp3) is 0.385. The smallest absolute Gasteiger partial charge is 0.118 e. The highest BCUT2D eigenvalue weighted by molar-refractivity contribution is 5.65. The van der Waals surface area contributed by atoms with Crippen molar-refractivity contribution < 1.29 is 14.2 Å². The fourth-order valence-corrected chi connectivity index (χ4v) is 6.07. The van der Waals surface area contributed by atoms with Crippen molar-refractivity contribution in [1.82, 2.24) is 0 Å². The molecule has 222 valence electrons. The number of ether oxygens (including phenoxy) is 3. The molecule has 3 nitrogen and oxygen atoms in total. The van der Waals surface area contributed by atoms with Gasteiger partial charge in [0.15, 0.2) is 0 Å². The Morgan fingerprint density at radius 2 is 1.19 bits per heavy atom. The van der Waals surface area contributed by atoms with Crippen LogP contribution in [-0.2, 0) is 16.6 Å². The van der Waals surface area contributed by atoms with Gasteiger partial charge in [0, 0.05) is 12.5 Å². The summed E-state index contributed by atoms with van der Waals surface area (Å²) in [4.78, 5) is 0. The lowest BCUT2D eigenvalue weighted by atomic mass is 9.73. The third kappa shape index (κ3) is 7.07. The maximum atomic E-state index is 5.83. The fourth-order valence-electron chi connectivity index (χ4n) is 6.07. The summed E-state index contributed by atoms with van der Waals surface area (Å²) in [6.45, 7) is 13.7. The highest BCUT2D eigenvalue weighted by Crippen LogP contribution is 2.39. The van der Waals surface area contributed by atoms with E-state index in [-0.39, 0.29) is 11.5 Å². The van der Waals surface area contributed by atoms with Crippen molar-refractivity contribution in [3.05, 3.63) is 118 Å². The minimum atomic E-state index is -0.140. The molecule has 4 rings (SSSR count). The van der Waals surface area contributed by atoms with Crippen LogP contribution < -0.4 is 9.47 Å². The maximum Gasteiger partial charge on any atom is 0.118 e. The van der Waals surface area contributed by atoms with E-state index in [4.69, 9.17) is 14.2 Å². The first kappa shape index (κ1) is 31.4. The zero-order valence-corrected chi connectivity index (χ0v) is 27.0. The molecule has 4 aromatic carbocycles. The minimum absolute atomic E-state index is 0.140. The average Bonchev–Trinajstić information content (AvgIpc) is 3.01. The highest BCUT2D eigenvalue weighted by atomic mass is 16.5. The number of methoxy groups -OCH3 is 3. The molecule has 0 aliphatic rings. The highest BCUT2D eigenvalue weighted by Gasteiger charge is 2.28. The molecule has 0 fully saturated rings. The van der Waals surface area contributed by atoms with E-state index in [0.717, 1.165) is 24.3 Å². The second-order valence-electron chi connectivity index (χ2n) is 12.4. The Kier molecular flexibility index (Phi) is 10.2. The molecule has 0 saturated heterocycles. The summed E-state index contributed by atoms with van der Waals surface area (Å²) in [6, 6.07) is 30.7. The van der Waals surface area contributed by atoms with E-state index in [1.54, 1.807) is 14.2 Å². The monoisotopic (exact) mass is 564 g/mol. The molecule has 0 N–H and O–H groups in total. The lowest BCUT2D eigenvalue weighted by Gasteiger charge is -2.32. The van der Waals surface area contributed by atoms with Gasteiger partial charge in [0.05, 0.1) is 20.3 Å². The lowest BCUT2D eigenvalue weighted by Crippen LogP contribution is -2.23. The molecule has 0 heterocycles. The first-order valence-corrected chi connectivity index (χ1v) is 15.1. The van der Waals surface area contributed by atoms with E-state index >= 15 is 0 Å². The molecular formula is C39H48O3. The number of hydrogen-bond acceptors (Lipinski definition) is 3. The van der Waals surface area contributed by atoms with E-state index in [1.165, 1.54) is 44.5 Å². The van der Waals surface area contributed by atoms with Crippen LogP contribution in [0.2, 0.25) is 0 Å². The van der Waals surface area contributed by atoms with E-state index in [2.05, 4.69) is 114 Å². The average molecular weight is 565 g/mol. The summed E-state index contributed by atoms with van der Waals surface area (Å²) >= 11 is 0. The molecular weight excluding hydrogens is 516 g/mol. The molecule has 0 saturated carbocycles. The zero-order valence-electron chi connectivity index (χ0n) is 27.0. The van der Waals surface area contributed by atoms with Gasteiger partial charge in [-0.15, -0.1) is 0 Å². The Balaban J connectivity index is 1.68. The summed E-state index contributed by atoms with van der Waals surface area (Å²) in [7, 11) is 5.25. The van der Waals surface area contributed by atoms with Gasteiger partial charge in [0.2, 0.25) is 0 Å². The van der Waals surface area contributed by atoms with E-state index in [1.807, 2.05) is 19.2 Å². The van der Waals surface area contributed by atoms with Gasteiger partial charge in [0.1, 0.15) is 11.5 Å². The van der Waals surface area contributed by atoms with Crippen LogP contribution in [0.5, 0.6) is 11.5 Å². The molecule has 3 unspecified atom stereocenters. The molecule has 3 heteroatoms. The normalized spacial score (nSPS) is 13.8. The molecule has 0 aliphatic heterocycles. The van der Waals surface area contributed by atoms with Gasteiger partial charge < -0.3 is 14.2 Å². The Bertz CT molecular complexity index is 1450. The van der Waals surface area contributed by atoms with Crippen molar-refractivity contribution in [1.29, 1.82) is 0 Å². The van der Waals surface area contributed by atoms with Crippen LogP contribution in [0.15, 0.2) is 84.9 Å². The van der Waals surface area contributed by atoms with Crippen molar-refractivity contribution in [2.75, 3.05) is 21.3 Å². The van der Waals surface area contributed by atoms with Crippen LogP contribution in [0, 0.1) is 19.8 Å². The Labute approximate surface area is 253 Å². The van der Waals surface area contributed by atoms with Gasteiger partial charge in [0.25, 0.3) is 0 Å². The standard InChI is InChI=1S/C39H48O3/c1-26-10-12-31(30-13-18-35(41-8)19-14-30)24-32(26)22-28(3)37(23-29(4)40-7)38-25-34(15-11-27(38)2)39(5,6)33-16-20-36(42-9)21-17-33/h10-21,24-25,28-29,37H,22-23H2,1-9H3. The lowest BCUT2D eigenvalue weighted by molar-refractivity contribution is 0.0978. The maximum absolute atomic E-state index is 5.83. The topological polar surface area (TPSA) is 27.7 Å². The zero-order chi connectivity index (χ0) is 30.4. The van der Waals surface area contributed by atoms with Crippen LogP contribution >= 0.6 is 0 Å². The molecule has 0 radical (unpaired) electrons.